The van der Waals surface area contributed by atoms with Crippen LogP contribution in [0.4, 0.5) is 0 Å². The first-order valence-electron chi connectivity index (χ1n) is 7.29. The molecule has 0 aromatic heterocycles. The van der Waals surface area contributed by atoms with Gasteiger partial charge in [-0.15, -0.1) is 0 Å². The van der Waals surface area contributed by atoms with Crippen LogP contribution in [0.25, 0.3) is 0 Å². The predicted molar refractivity (Wildman–Crippen MR) is 73.3 cm³/mol. The van der Waals surface area contributed by atoms with Crippen molar-refractivity contribution in [3.05, 3.63) is 0 Å². The first kappa shape index (κ1) is 14.3. The molecule has 2 amide bonds. The highest BCUT2D eigenvalue weighted by Crippen LogP contribution is 2.31. The lowest BCUT2D eigenvalue weighted by Crippen LogP contribution is -2.43. The molecule has 1 heterocycles. The van der Waals surface area contributed by atoms with Crippen LogP contribution in [0.5, 0.6) is 0 Å². The molecule has 2 fully saturated rings. The Morgan fingerprint density at radius 1 is 1.26 bits per heavy atom. The Kier molecular flexibility index (Phi) is 4.45. The van der Waals surface area contributed by atoms with E-state index in [0.29, 0.717) is 12.5 Å². The molecule has 3 N–H and O–H groups in total. The first-order valence-corrected chi connectivity index (χ1v) is 7.29. The molecule has 1 aliphatic heterocycles. The number of rotatable bonds is 2. The van der Waals surface area contributed by atoms with E-state index in [2.05, 4.69) is 12.2 Å². The zero-order valence-electron chi connectivity index (χ0n) is 11.9. The third-order valence-electron chi connectivity index (χ3n) is 4.43. The van der Waals surface area contributed by atoms with E-state index in [1.54, 1.807) is 0 Å². The van der Waals surface area contributed by atoms with Gasteiger partial charge in [-0.25, -0.2) is 0 Å². The second kappa shape index (κ2) is 5.90. The highest BCUT2D eigenvalue weighted by atomic mass is 16.2. The fraction of sp³-hybridized carbons (Fsp3) is 0.857. The van der Waals surface area contributed by atoms with Crippen LogP contribution in [-0.2, 0) is 9.59 Å². The average molecular weight is 267 g/mol. The number of hydrogen-bond acceptors (Lipinski definition) is 3. The minimum atomic E-state index is -0.0173. The van der Waals surface area contributed by atoms with E-state index in [1.165, 1.54) is 6.92 Å². The fourth-order valence-corrected chi connectivity index (χ4v) is 3.40. The monoisotopic (exact) mass is 267 g/mol. The average Bonchev–Trinajstić information content (AvgIpc) is 2.75. The Bertz CT molecular complexity index is 359. The largest absolute Gasteiger partial charge is 0.352 e. The Morgan fingerprint density at radius 2 is 2.00 bits per heavy atom. The smallest absolute Gasteiger partial charge is 0.226 e. The molecule has 1 saturated carbocycles. The molecule has 0 spiro atoms. The number of nitrogens with zero attached hydrogens (tertiary/aromatic N) is 1. The molecule has 4 unspecified atom stereocenters. The molecule has 5 nitrogen and oxygen atoms in total. The maximum absolute atomic E-state index is 12.5. The normalized spacial score (nSPS) is 35.2. The fourth-order valence-electron chi connectivity index (χ4n) is 3.40. The minimum Gasteiger partial charge on any atom is -0.352 e. The van der Waals surface area contributed by atoms with Crippen LogP contribution in [0.15, 0.2) is 0 Å². The number of nitrogens with one attached hydrogen (secondary N) is 1. The molecule has 108 valence electrons. The highest BCUT2D eigenvalue weighted by molar-refractivity contribution is 5.80. The van der Waals surface area contributed by atoms with Crippen molar-refractivity contribution in [2.45, 2.75) is 51.6 Å². The molecule has 19 heavy (non-hydrogen) atoms. The minimum absolute atomic E-state index is 0.0173. The number of nitrogens with two attached hydrogens (primary N) is 1. The quantitative estimate of drug-likeness (QED) is 0.764. The second-order valence-electron chi connectivity index (χ2n) is 6.13. The molecular weight excluding hydrogens is 242 g/mol. The summed E-state index contributed by atoms with van der Waals surface area (Å²) in [7, 11) is 0. The van der Waals surface area contributed by atoms with Gasteiger partial charge in [-0.05, 0) is 31.6 Å². The highest BCUT2D eigenvalue weighted by Gasteiger charge is 2.36. The van der Waals surface area contributed by atoms with Crippen molar-refractivity contribution in [1.82, 2.24) is 10.2 Å². The van der Waals surface area contributed by atoms with Crippen LogP contribution in [0.1, 0.15) is 39.5 Å². The standard InChI is InChI=1S/C14H25N3O2/c1-9-7-11(15)3-4-13(9)14(19)17-6-5-12(8-17)16-10(2)18/h9,11-13H,3-8,15H2,1-2H3,(H,16,18). The third kappa shape index (κ3) is 3.47. The van der Waals surface area contributed by atoms with Gasteiger partial charge in [0.25, 0.3) is 0 Å². The van der Waals surface area contributed by atoms with E-state index in [4.69, 9.17) is 5.73 Å². The van der Waals surface area contributed by atoms with Crippen molar-refractivity contribution in [2.24, 2.45) is 17.6 Å². The van der Waals surface area contributed by atoms with Crippen molar-refractivity contribution >= 4 is 11.8 Å². The number of carbonyl (C=O) groups excluding carboxylic acids is 2. The summed E-state index contributed by atoms with van der Waals surface area (Å²) in [5.41, 5.74) is 5.95. The van der Waals surface area contributed by atoms with Gasteiger partial charge in [-0.2, -0.15) is 0 Å². The molecule has 4 atom stereocenters. The number of likely N-dealkylation sites (tertiary alicyclic amines) is 1. The molecule has 2 aliphatic rings. The van der Waals surface area contributed by atoms with Crippen LogP contribution >= 0.6 is 0 Å². The van der Waals surface area contributed by atoms with Crippen LogP contribution in [0, 0.1) is 11.8 Å². The van der Waals surface area contributed by atoms with Gasteiger partial charge in [-0.1, -0.05) is 6.92 Å². The third-order valence-corrected chi connectivity index (χ3v) is 4.43. The van der Waals surface area contributed by atoms with Crippen molar-refractivity contribution < 1.29 is 9.59 Å². The lowest BCUT2D eigenvalue weighted by molar-refractivity contribution is -0.137. The maximum atomic E-state index is 12.5. The van der Waals surface area contributed by atoms with Gasteiger partial charge in [0.2, 0.25) is 11.8 Å². The summed E-state index contributed by atoms with van der Waals surface area (Å²) in [5, 5.41) is 2.89. The van der Waals surface area contributed by atoms with Gasteiger partial charge in [0.1, 0.15) is 0 Å². The van der Waals surface area contributed by atoms with Crippen LogP contribution in [-0.4, -0.2) is 41.9 Å². The van der Waals surface area contributed by atoms with Crippen molar-refractivity contribution in [3.8, 4) is 0 Å². The molecule has 0 bridgehead atoms. The summed E-state index contributed by atoms with van der Waals surface area (Å²) in [6, 6.07) is 0.382. The molecule has 5 heteroatoms. The van der Waals surface area contributed by atoms with Crippen LogP contribution in [0.3, 0.4) is 0 Å². The van der Waals surface area contributed by atoms with Gasteiger partial charge in [-0.3, -0.25) is 9.59 Å². The van der Waals surface area contributed by atoms with Gasteiger partial charge in [0.05, 0.1) is 0 Å². The van der Waals surface area contributed by atoms with Crippen LogP contribution < -0.4 is 11.1 Å². The van der Waals surface area contributed by atoms with Gasteiger partial charge >= 0.3 is 0 Å². The summed E-state index contributed by atoms with van der Waals surface area (Å²) in [6.07, 6.45) is 3.66. The van der Waals surface area contributed by atoms with Crippen LogP contribution in [0.2, 0.25) is 0 Å². The first-order chi connectivity index (χ1) is 8.97. The Morgan fingerprint density at radius 3 is 2.63 bits per heavy atom. The molecular formula is C14H25N3O2. The van der Waals surface area contributed by atoms with E-state index in [9.17, 15) is 9.59 Å². The SMILES string of the molecule is CC(=O)NC1CCN(C(=O)C2CCC(N)CC2C)C1. The molecule has 0 radical (unpaired) electrons. The van der Waals surface area contributed by atoms with E-state index in [0.717, 1.165) is 32.2 Å². The van der Waals surface area contributed by atoms with Gasteiger partial charge in [0, 0.05) is 38.0 Å². The number of hydrogen-bond donors (Lipinski definition) is 2. The Labute approximate surface area is 114 Å². The van der Waals surface area contributed by atoms with Gasteiger partial charge in [0.15, 0.2) is 0 Å². The van der Waals surface area contributed by atoms with Crippen molar-refractivity contribution in [1.29, 1.82) is 0 Å². The second-order valence-corrected chi connectivity index (χ2v) is 6.13. The maximum Gasteiger partial charge on any atom is 0.226 e. The Balaban J connectivity index is 1.88. The number of amides is 2. The summed E-state index contributed by atoms with van der Waals surface area (Å²) in [6.45, 7) is 5.07. The molecule has 0 aromatic carbocycles. The zero-order chi connectivity index (χ0) is 14.0. The molecule has 1 aliphatic carbocycles. The zero-order valence-corrected chi connectivity index (χ0v) is 11.9. The van der Waals surface area contributed by atoms with E-state index >= 15 is 0 Å². The molecule has 2 rings (SSSR count). The predicted octanol–water partition coefficient (Wildman–Crippen LogP) is 0.487. The Hall–Kier alpha value is -1.10. The molecule has 1 saturated heterocycles. The summed E-state index contributed by atoms with van der Waals surface area (Å²) in [4.78, 5) is 25.5. The summed E-state index contributed by atoms with van der Waals surface area (Å²) >= 11 is 0. The van der Waals surface area contributed by atoms with E-state index in [-0.39, 0.29) is 29.8 Å². The lowest BCUT2D eigenvalue weighted by Gasteiger charge is -2.34. The summed E-state index contributed by atoms with van der Waals surface area (Å²) < 4.78 is 0. The summed E-state index contributed by atoms with van der Waals surface area (Å²) in [5.74, 6) is 0.732. The van der Waals surface area contributed by atoms with Gasteiger partial charge < -0.3 is 16.0 Å². The number of carbonyl (C=O) groups is 2. The van der Waals surface area contributed by atoms with E-state index < -0.39 is 0 Å². The van der Waals surface area contributed by atoms with E-state index in [1.807, 2.05) is 4.90 Å². The topological polar surface area (TPSA) is 75.4 Å². The lowest BCUT2D eigenvalue weighted by atomic mass is 9.77. The molecule has 0 aromatic rings. The van der Waals surface area contributed by atoms with Crippen molar-refractivity contribution in [3.63, 3.8) is 0 Å². The van der Waals surface area contributed by atoms with Crippen molar-refractivity contribution in [2.75, 3.05) is 13.1 Å².